The maximum absolute atomic E-state index is 5.66. The summed E-state index contributed by atoms with van der Waals surface area (Å²) in [5.74, 6) is 2.13. The van der Waals surface area contributed by atoms with E-state index >= 15 is 0 Å². The lowest BCUT2D eigenvalue weighted by Gasteiger charge is -2.15. The van der Waals surface area contributed by atoms with E-state index in [0.717, 1.165) is 31.9 Å². The zero-order chi connectivity index (χ0) is 13.8. The lowest BCUT2D eigenvalue weighted by atomic mass is 10.1. The number of likely N-dealkylation sites (tertiary alicyclic amines) is 1. The molecule has 0 N–H and O–H groups in total. The Balaban J connectivity index is 1.46. The van der Waals surface area contributed by atoms with E-state index in [1.54, 1.807) is 24.9 Å². The molecule has 20 heavy (non-hydrogen) atoms. The molecule has 2 aromatic rings. The largest absolute Gasteiger partial charge is 0.476 e. The van der Waals surface area contributed by atoms with Gasteiger partial charge in [0.25, 0.3) is 0 Å². The van der Waals surface area contributed by atoms with Crippen molar-refractivity contribution in [2.75, 3.05) is 19.7 Å². The number of nitrogens with zero attached hydrogens (tertiary/aromatic N) is 6. The molecule has 0 saturated carbocycles. The van der Waals surface area contributed by atoms with Gasteiger partial charge in [-0.3, -0.25) is 9.88 Å². The van der Waals surface area contributed by atoms with Crippen LogP contribution in [0.1, 0.15) is 12.2 Å². The van der Waals surface area contributed by atoms with Gasteiger partial charge in [-0.1, -0.05) is 0 Å². The summed E-state index contributed by atoms with van der Waals surface area (Å²) >= 11 is 0. The van der Waals surface area contributed by atoms with E-state index in [2.05, 4.69) is 25.1 Å². The van der Waals surface area contributed by atoms with Crippen molar-refractivity contribution in [1.29, 1.82) is 0 Å². The van der Waals surface area contributed by atoms with Crippen LogP contribution in [0.15, 0.2) is 24.9 Å². The first-order valence-electron chi connectivity index (χ1n) is 6.75. The molecule has 1 aliphatic rings. The standard InChI is InChI=1S/C13H18N6O/c1-18-10-16-17-12(18)8-19-5-2-11(7-19)9-20-13-6-14-3-4-15-13/h3-4,6,10-11H,2,5,7-9H2,1H3. The third kappa shape index (κ3) is 3.11. The lowest BCUT2D eigenvalue weighted by molar-refractivity contribution is 0.229. The minimum Gasteiger partial charge on any atom is -0.476 e. The van der Waals surface area contributed by atoms with Gasteiger partial charge in [-0.2, -0.15) is 0 Å². The van der Waals surface area contributed by atoms with Gasteiger partial charge in [0.05, 0.1) is 19.3 Å². The van der Waals surface area contributed by atoms with E-state index in [0.29, 0.717) is 18.4 Å². The van der Waals surface area contributed by atoms with Gasteiger partial charge in [0.2, 0.25) is 5.88 Å². The van der Waals surface area contributed by atoms with Gasteiger partial charge in [-0.05, 0) is 13.0 Å². The first-order valence-corrected chi connectivity index (χ1v) is 6.75. The molecule has 0 radical (unpaired) electrons. The summed E-state index contributed by atoms with van der Waals surface area (Å²) in [4.78, 5) is 10.5. The van der Waals surface area contributed by atoms with Crippen molar-refractivity contribution in [3.63, 3.8) is 0 Å². The molecule has 1 fully saturated rings. The smallest absolute Gasteiger partial charge is 0.232 e. The Morgan fingerprint density at radius 3 is 3.10 bits per heavy atom. The molecule has 106 valence electrons. The van der Waals surface area contributed by atoms with Crippen LogP contribution in [0.4, 0.5) is 0 Å². The molecule has 0 bridgehead atoms. The Labute approximate surface area is 117 Å². The van der Waals surface area contributed by atoms with E-state index in [1.807, 2.05) is 11.6 Å². The predicted molar refractivity (Wildman–Crippen MR) is 71.9 cm³/mol. The average molecular weight is 274 g/mol. The molecular weight excluding hydrogens is 256 g/mol. The van der Waals surface area contributed by atoms with E-state index in [4.69, 9.17) is 4.74 Å². The Bertz CT molecular complexity index is 543. The van der Waals surface area contributed by atoms with Crippen molar-refractivity contribution < 1.29 is 4.74 Å². The van der Waals surface area contributed by atoms with Crippen molar-refractivity contribution in [2.45, 2.75) is 13.0 Å². The highest BCUT2D eigenvalue weighted by Gasteiger charge is 2.24. The molecule has 1 unspecified atom stereocenters. The van der Waals surface area contributed by atoms with Gasteiger partial charge < -0.3 is 9.30 Å². The summed E-state index contributed by atoms with van der Waals surface area (Å²) in [6, 6.07) is 0. The van der Waals surface area contributed by atoms with Crippen molar-refractivity contribution >= 4 is 0 Å². The second-order valence-electron chi connectivity index (χ2n) is 5.10. The first kappa shape index (κ1) is 13.0. The van der Waals surface area contributed by atoms with Gasteiger partial charge in [-0.15, -0.1) is 10.2 Å². The molecule has 1 saturated heterocycles. The number of hydrogen-bond donors (Lipinski definition) is 0. The molecule has 2 aromatic heterocycles. The summed E-state index contributed by atoms with van der Waals surface area (Å²) in [5.41, 5.74) is 0. The monoisotopic (exact) mass is 274 g/mol. The molecule has 0 amide bonds. The molecule has 0 aromatic carbocycles. The number of hydrogen-bond acceptors (Lipinski definition) is 6. The van der Waals surface area contributed by atoms with Crippen LogP contribution < -0.4 is 4.74 Å². The minimum atomic E-state index is 0.533. The molecule has 0 spiro atoms. The summed E-state index contributed by atoms with van der Waals surface area (Å²) in [6.07, 6.45) is 7.81. The van der Waals surface area contributed by atoms with Gasteiger partial charge in [0.1, 0.15) is 12.2 Å². The minimum absolute atomic E-state index is 0.533. The van der Waals surface area contributed by atoms with E-state index < -0.39 is 0 Å². The predicted octanol–water partition coefficient (Wildman–Crippen LogP) is 0.506. The third-order valence-electron chi connectivity index (χ3n) is 3.55. The average Bonchev–Trinajstić information content (AvgIpc) is 3.08. The van der Waals surface area contributed by atoms with E-state index in [9.17, 15) is 0 Å². The quantitative estimate of drug-likeness (QED) is 0.791. The lowest BCUT2D eigenvalue weighted by Crippen LogP contribution is -2.23. The summed E-state index contributed by atoms with van der Waals surface area (Å²) < 4.78 is 7.63. The molecule has 1 aliphatic heterocycles. The second kappa shape index (κ2) is 5.96. The normalized spacial score (nSPS) is 19.4. The maximum atomic E-state index is 5.66. The van der Waals surface area contributed by atoms with Crippen LogP contribution in [-0.2, 0) is 13.6 Å². The summed E-state index contributed by atoms with van der Waals surface area (Å²) in [5, 5.41) is 8.02. The highest BCUT2D eigenvalue weighted by atomic mass is 16.5. The fourth-order valence-electron chi connectivity index (χ4n) is 2.41. The molecular formula is C13H18N6O. The maximum Gasteiger partial charge on any atom is 0.232 e. The topological polar surface area (TPSA) is 69.0 Å². The number of aryl methyl sites for hydroxylation is 1. The van der Waals surface area contributed by atoms with Crippen LogP contribution >= 0.6 is 0 Å². The number of ether oxygens (including phenoxy) is 1. The Morgan fingerprint density at radius 1 is 1.40 bits per heavy atom. The zero-order valence-electron chi connectivity index (χ0n) is 11.5. The van der Waals surface area contributed by atoms with Crippen molar-refractivity contribution in [3.05, 3.63) is 30.7 Å². The Hall–Kier alpha value is -2.02. The molecule has 7 heteroatoms. The van der Waals surface area contributed by atoms with E-state index in [1.165, 1.54) is 0 Å². The van der Waals surface area contributed by atoms with Gasteiger partial charge in [0, 0.05) is 31.9 Å². The van der Waals surface area contributed by atoms with Gasteiger partial charge >= 0.3 is 0 Å². The van der Waals surface area contributed by atoms with Crippen LogP contribution in [0.3, 0.4) is 0 Å². The molecule has 0 aliphatic carbocycles. The molecule has 1 atom stereocenters. The van der Waals surface area contributed by atoms with Crippen LogP contribution in [0.5, 0.6) is 5.88 Å². The fourth-order valence-corrected chi connectivity index (χ4v) is 2.41. The van der Waals surface area contributed by atoms with Crippen molar-refractivity contribution in [2.24, 2.45) is 13.0 Å². The summed E-state index contributed by atoms with van der Waals surface area (Å²) in [7, 11) is 1.97. The number of rotatable bonds is 5. The van der Waals surface area contributed by atoms with Crippen LogP contribution in [0, 0.1) is 5.92 Å². The van der Waals surface area contributed by atoms with Gasteiger partial charge in [0.15, 0.2) is 0 Å². The fraction of sp³-hybridized carbons (Fsp3) is 0.538. The summed E-state index contributed by atoms with van der Waals surface area (Å²) in [6.45, 7) is 3.63. The highest BCUT2D eigenvalue weighted by molar-refractivity contribution is 5.01. The van der Waals surface area contributed by atoms with Crippen molar-refractivity contribution in [1.82, 2.24) is 29.6 Å². The highest BCUT2D eigenvalue weighted by Crippen LogP contribution is 2.18. The Kier molecular flexibility index (Phi) is 3.87. The van der Waals surface area contributed by atoms with Crippen LogP contribution in [-0.4, -0.2) is 49.3 Å². The first-order chi connectivity index (χ1) is 9.81. The number of aromatic nitrogens is 5. The Morgan fingerprint density at radius 2 is 2.35 bits per heavy atom. The van der Waals surface area contributed by atoms with Crippen LogP contribution in [0.2, 0.25) is 0 Å². The molecule has 3 rings (SSSR count). The SMILES string of the molecule is Cn1cnnc1CN1CCC(COc2cnccn2)C1. The van der Waals surface area contributed by atoms with Crippen molar-refractivity contribution in [3.8, 4) is 5.88 Å². The van der Waals surface area contributed by atoms with Gasteiger partial charge in [-0.25, -0.2) is 4.98 Å². The van der Waals surface area contributed by atoms with Crippen LogP contribution in [0.25, 0.3) is 0 Å². The second-order valence-corrected chi connectivity index (χ2v) is 5.10. The van der Waals surface area contributed by atoms with E-state index in [-0.39, 0.29) is 0 Å². The molecule has 3 heterocycles. The third-order valence-corrected chi connectivity index (χ3v) is 3.55. The zero-order valence-corrected chi connectivity index (χ0v) is 11.5. The molecule has 7 nitrogen and oxygen atoms in total.